The van der Waals surface area contributed by atoms with Crippen LogP contribution in [0.15, 0.2) is 12.2 Å². The Hall–Kier alpha value is -1.85. The number of carbonyl (C=O) groups excluding carboxylic acids is 3. The Kier molecular flexibility index (Phi) is 51.2. The molecule has 0 rings (SSSR count). The fourth-order valence-corrected chi connectivity index (χ4v) is 8.50. The van der Waals surface area contributed by atoms with Gasteiger partial charge in [-0.3, -0.25) is 14.4 Å². The van der Waals surface area contributed by atoms with Gasteiger partial charge in [0.15, 0.2) is 6.10 Å². The maximum absolute atomic E-state index is 12.8. The summed E-state index contributed by atoms with van der Waals surface area (Å²) in [6.07, 6.45) is 59.2. The van der Waals surface area contributed by atoms with Gasteiger partial charge in [0.25, 0.3) is 0 Å². The van der Waals surface area contributed by atoms with Gasteiger partial charge in [0, 0.05) is 19.3 Å². The molecule has 0 aliphatic rings. The maximum atomic E-state index is 12.8. The van der Waals surface area contributed by atoms with E-state index in [1.54, 1.807) is 0 Å². The van der Waals surface area contributed by atoms with Crippen LogP contribution in [0.1, 0.15) is 316 Å². The minimum Gasteiger partial charge on any atom is -0.462 e. The fourth-order valence-electron chi connectivity index (χ4n) is 8.50. The van der Waals surface area contributed by atoms with E-state index in [9.17, 15) is 14.4 Å². The van der Waals surface area contributed by atoms with Gasteiger partial charge in [0.1, 0.15) is 13.2 Å². The van der Waals surface area contributed by atoms with Crippen LogP contribution in [-0.2, 0) is 28.6 Å². The zero-order valence-electron chi connectivity index (χ0n) is 42.6. The Morgan fingerprint density at radius 3 is 0.794 bits per heavy atom. The minimum atomic E-state index is -0.768. The van der Waals surface area contributed by atoms with Crippen LogP contribution in [-0.4, -0.2) is 37.2 Å². The van der Waals surface area contributed by atoms with Crippen molar-refractivity contribution in [3.8, 4) is 0 Å². The van der Waals surface area contributed by atoms with Crippen molar-refractivity contribution in [2.75, 3.05) is 13.2 Å². The van der Waals surface area contributed by atoms with E-state index < -0.39 is 6.10 Å². The zero-order valence-corrected chi connectivity index (χ0v) is 42.6. The molecule has 1 atom stereocenters. The van der Waals surface area contributed by atoms with E-state index in [0.29, 0.717) is 19.3 Å². The number of unbranched alkanes of at least 4 members (excludes halogenated alkanes) is 39. The van der Waals surface area contributed by atoms with Crippen LogP contribution >= 0.6 is 0 Å². The van der Waals surface area contributed by atoms with Gasteiger partial charge in [-0.25, -0.2) is 0 Å². The summed E-state index contributed by atoms with van der Waals surface area (Å²) in [5, 5.41) is 0. The van der Waals surface area contributed by atoms with E-state index in [-0.39, 0.29) is 31.1 Å². The van der Waals surface area contributed by atoms with Gasteiger partial charge in [-0.15, -0.1) is 0 Å². The van der Waals surface area contributed by atoms with Gasteiger partial charge >= 0.3 is 17.9 Å². The van der Waals surface area contributed by atoms with E-state index in [0.717, 1.165) is 64.2 Å². The molecular weight excluding hydrogens is 781 g/mol. The number of carbonyl (C=O) groups is 3. The molecule has 0 aromatic heterocycles. The number of hydrogen-bond donors (Lipinski definition) is 0. The summed E-state index contributed by atoms with van der Waals surface area (Å²) in [6, 6.07) is 0. The average molecular weight is 889 g/mol. The average Bonchev–Trinajstić information content (AvgIpc) is 3.28. The molecule has 0 amide bonds. The summed E-state index contributed by atoms with van der Waals surface area (Å²) < 4.78 is 16.8. The largest absolute Gasteiger partial charge is 0.462 e. The van der Waals surface area contributed by atoms with E-state index in [1.165, 1.54) is 212 Å². The lowest BCUT2D eigenvalue weighted by molar-refractivity contribution is -0.167. The summed E-state index contributed by atoms with van der Waals surface area (Å²) in [7, 11) is 0. The van der Waals surface area contributed by atoms with Crippen LogP contribution in [0.3, 0.4) is 0 Å². The van der Waals surface area contributed by atoms with Crippen LogP contribution in [0.25, 0.3) is 0 Å². The molecule has 0 heterocycles. The second-order valence-electron chi connectivity index (χ2n) is 19.2. The molecule has 0 bridgehead atoms. The molecule has 0 saturated carbocycles. The first-order valence-electron chi connectivity index (χ1n) is 28.2. The Labute approximate surface area is 392 Å². The molecule has 0 N–H and O–H groups in total. The number of rotatable bonds is 52. The van der Waals surface area contributed by atoms with Crippen LogP contribution in [0.4, 0.5) is 0 Å². The zero-order chi connectivity index (χ0) is 45.8. The molecular formula is C57H108O6. The first-order valence-corrected chi connectivity index (χ1v) is 28.2. The Morgan fingerprint density at radius 1 is 0.302 bits per heavy atom. The highest BCUT2D eigenvalue weighted by Crippen LogP contribution is 2.17. The van der Waals surface area contributed by atoms with Crippen molar-refractivity contribution < 1.29 is 28.6 Å². The highest BCUT2D eigenvalue weighted by Gasteiger charge is 2.19. The summed E-state index contributed by atoms with van der Waals surface area (Å²) >= 11 is 0. The lowest BCUT2D eigenvalue weighted by Gasteiger charge is -2.18. The lowest BCUT2D eigenvalue weighted by atomic mass is 10.0. The van der Waals surface area contributed by atoms with Crippen molar-refractivity contribution >= 4 is 17.9 Å². The van der Waals surface area contributed by atoms with Crippen LogP contribution in [0.2, 0.25) is 0 Å². The third-order valence-corrected chi connectivity index (χ3v) is 12.8. The molecule has 6 nitrogen and oxygen atoms in total. The number of hydrogen-bond acceptors (Lipinski definition) is 6. The highest BCUT2D eigenvalue weighted by atomic mass is 16.6. The molecule has 6 heteroatoms. The summed E-state index contributed by atoms with van der Waals surface area (Å²) in [5.41, 5.74) is 0. The minimum absolute atomic E-state index is 0.0677. The predicted molar refractivity (Wildman–Crippen MR) is 270 cm³/mol. The summed E-state index contributed by atoms with van der Waals surface area (Å²) in [4.78, 5) is 38.0. The van der Waals surface area contributed by atoms with Crippen LogP contribution < -0.4 is 0 Å². The maximum Gasteiger partial charge on any atom is 0.306 e. The SMILES string of the molecule is CCCCCCC/C=C\CCCCCCCC(=O)OC(COC(=O)CCCCCCCCCCCCC)COC(=O)CCCCCCCCCCCCCCCCCCCCCC. The molecule has 0 aromatic carbocycles. The van der Waals surface area contributed by atoms with Gasteiger partial charge in [-0.05, 0) is 44.9 Å². The monoisotopic (exact) mass is 889 g/mol. The molecule has 1 unspecified atom stereocenters. The Balaban J connectivity index is 4.25. The van der Waals surface area contributed by atoms with E-state index in [1.807, 2.05) is 0 Å². The molecule has 0 spiro atoms. The van der Waals surface area contributed by atoms with Crippen molar-refractivity contribution in [2.24, 2.45) is 0 Å². The molecule has 0 saturated heterocycles. The lowest BCUT2D eigenvalue weighted by Crippen LogP contribution is -2.30. The number of allylic oxidation sites excluding steroid dienone is 2. The van der Waals surface area contributed by atoms with Crippen molar-refractivity contribution in [2.45, 2.75) is 322 Å². The molecule has 0 radical (unpaired) electrons. The van der Waals surface area contributed by atoms with Crippen molar-refractivity contribution in [1.82, 2.24) is 0 Å². The van der Waals surface area contributed by atoms with Gasteiger partial charge in [-0.2, -0.15) is 0 Å². The molecule has 63 heavy (non-hydrogen) atoms. The highest BCUT2D eigenvalue weighted by molar-refractivity contribution is 5.71. The Morgan fingerprint density at radius 2 is 0.524 bits per heavy atom. The standard InChI is InChI=1S/C57H108O6/c1-4-7-10-13-16-19-22-24-26-27-28-29-30-31-33-35-38-41-44-47-50-56(59)62-53-54(52-61-55(58)49-46-43-40-37-34-21-18-15-12-9-6-3)63-57(60)51-48-45-42-39-36-32-25-23-20-17-14-11-8-5-2/h23,25,54H,4-22,24,26-53H2,1-3H3/b25-23-. The second kappa shape index (κ2) is 52.8. The molecule has 372 valence electrons. The van der Waals surface area contributed by atoms with E-state index in [2.05, 4.69) is 32.9 Å². The normalized spacial score (nSPS) is 12.0. The number of ether oxygens (including phenoxy) is 3. The first-order chi connectivity index (χ1) is 31.0. The predicted octanol–water partition coefficient (Wildman–Crippen LogP) is 18.5. The number of esters is 3. The molecule has 0 fully saturated rings. The van der Waals surface area contributed by atoms with Crippen molar-refractivity contribution in [3.63, 3.8) is 0 Å². The van der Waals surface area contributed by atoms with Crippen molar-refractivity contribution in [1.29, 1.82) is 0 Å². The quantitative estimate of drug-likeness (QED) is 0.0262. The first kappa shape index (κ1) is 61.1. The van der Waals surface area contributed by atoms with E-state index in [4.69, 9.17) is 14.2 Å². The van der Waals surface area contributed by atoms with Crippen LogP contribution in [0, 0.1) is 0 Å². The van der Waals surface area contributed by atoms with Gasteiger partial charge < -0.3 is 14.2 Å². The van der Waals surface area contributed by atoms with Crippen LogP contribution in [0.5, 0.6) is 0 Å². The van der Waals surface area contributed by atoms with Gasteiger partial charge in [-0.1, -0.05) is 264 Å². The summed E-state index contributed by atoms with van der Waals surface area (Å²) in [6.45, 7) is 6.67. The molecule has 0 aliphatic carbocycles. The van der Waals surface area contributed by atoms with Gasteiger partial charge in [0.05, 0.1) is 0 Å². The smallest absolute Gasteiger partial charge is 0.306 e. The van der Waals surface area contributed by atoms with Gasteiger partial charge in [0.2, 0.25) is 0 Å². The van der Waals surface area contributed by atoms with E-state index >= 15 is 0 Å². The molecule has 0 aliphatic heterocycles. The topological polar surface area (TPSA) is 78.9 Å². The molecule has 0 aromatic rings. The third-order valence-electron chi connectivity index (χ3n) is 12.8. The third kappa shape index (κ3) is 51.0. The summed E-state index contributed by atoms with van der Waals surface area (Å²) in [5.74, 6) is -0.856. The fraction of sp³-hybridized carbons (Fsp3) is 0.912. The van der Waals surface area contributed by atoms with Crippen molar-refractivity contribution in [3.05, 3.63) is 12.2 Å². The Bertz CT molecular complexity index is 978. The second-order valence-corrected chi connectivity index (χ2v) is 19.2.